The van der Waals surface area contributed by atoms with Crippen molar-refractivity contribution in [3.8, 4) is 0 Å². The van der Waals surface area contributed by atoms with Crippen molar-refractivity contribution in [1.29, 1.82) is 0 Å². The molecule has 78 valence electrons. The van der Waals surface area contributed by atoms with Gasteiger partial charge < -0.3 is 5.73 Å². The van der Waals surface area contributed by atoms with Gasteiger partial charge in [0.05, 0.1) is 16.8 Å². The summed E-state index contributed by atoms with van der Waals surface area (Å²) in [6.07, 6.45) is 1.21. The fraction of sp³-hybridized carbons (Fsp3) is 0.857. The van der Waals surface area contributed by atoms with Crippen molar-refractivity contribution in [3.63, 3.8) is 0 Å². The number of hydrogen-bond acceptors (Lipinski definition) is 4. The quantitative estimate of drug-likeness (QED) is 0.646. The van der Waals surface area contributed by atoms with Crippen LogP contribution in [0.1, 0.15) is 6.92 Å². The number of thiocarbonyl (C=S) groups is 1. The molecule has 0 saturated heterocycles. The molecule has 4 nitrogen and oxygen atoms in total. The summed E-state index contributed by atoms with van der Waals surface area (Å²) in [5, 5.41) is 0. The third kappa shape index (κ3) is 5.95. The van der Waals surface area contributed by atoms with Crippen LogP contribution in [0.5, 0.6) is 0 Å². The molecule has 0 heterocycles. The van der Waals surface area contributed by atoms with Gasteiger partial charge in [0.1, 0.15) is 9.84 Å². The first kappa shape index (κ1) is 12.8. The summed E-state index contributed by atoms with van der Waals surface area (Å²) in [6, 6.07) is -0.0586. The molecule has 0 saturated carbocycles. The molecule has 1 atom stereocenters. The van der Waals surface area contributed by atoms with Crippen LogP contribution in [0.4, 0.5) is 0 Å². The van der Waals surface area contributed by atoms with Gasteiger partial charge in [0.2, 0.25) is 0 Å². The van der Waals surface area contributed by atoms with Crippen LogP contribution < -0.4 is 5.73 Å². The first-order valence-electron chi connectivity index (χ1n) is 3.91. The normalized spacial score (nSPS) is 14.5. The van der Waals surface area contributed by atoms with Crippen molar-refractivity contribution in [2.75, 3.05) is 25.6 Å². The van der Waals surface area contributed by atoms with Crippen molar-refractivity contribution >= 4 is 27.0 Å². The summed E-state index contributed by atoms with van der Waals surface area (Å²) >= 11 is 4.79. The SMILES string of the molecule is CC(C(N)=S)N(C)CCS(C)(=O)=O. The molecule has 1 unspecified atom stereocenters. The second-order valence-electron chi connectivity index (χ2n) is 3.19. The molecule has 0 spiro atoms. The number of sulfone groups is 1. The Morgan fingerprint density at radius 3 is 2.38 bits per heavy atom. The average Bonchev–Trinajstić information content (AvgIpc) is 1.97. The number of rotatable bonds is 5. The number of likely N-dealkylation sites (N-methyl/N-ethyl adjacent to an activating group) is 1. The van der Waals surface area contributed by atoms with Crippen LogP contribution in [-0.2, 0) is 9.84 Å². The number of nitrogens with two attached hydrogens (primary N) is 1. The number of nitrogens with zero attached hydrogens (tertiary/aromatic N) is 1. The zero-order valence-electron chi connectivity index (χ0n) is 8.15. The molecule has 0 amide bonds. The Morgan fingerprint density at radius 2 is 2.08 bits per heavy atom. The van der Waals surface area contributed by atoms with Crippen molar-refractivity contribution in [3.05, 3.63) is 0 Å². The van der Waals surface area contributed by atoms with E-state index in [2.05, 4.69) is 0 Å². The van der Waals surface area contributed by atoms with Crippen LogP contribution >= 0.6 is 12.2 Å². The summed E-state index contributed by atoms with van der Waals surface area (Å²) in [7, 11) is -1.10. The minimum atomic E-state index is -2.90. The highest BCUT2D eigenvalue weighted by atomic mass is 32.2. The van der Waals surface area contributed by atoms with Gasteiger partial charge in [-0.2, -0.15) is 0 Å². The molecule has 0 rings (SSSR count). The summed E-state index contributed by atoms with van der Waals surface area (Å²) in [5.41, 5.74) is 5.42. The first-order chi connectivity index (χ1) is 5.74. The molecule has 0 aliphatic carbocycles. The first-order valence-corrected chi connectivity index (χ1v) is 6.38. The van der Waals surface area contributed by atoms with Gasteiger partial charge in [0.15, 0.2) is 0 Å². The van der Waals surface area contributed by atoms with E-state index in [-0.39, 0.29) is 11.8 Å². The van der Waals surface area contributed by atoms with Gasteiger partial charge in [-0.05, 0) is 14.0 Å². The Bertz CT molecular complexity index is 274. The van der Waals surface area contributed by atoms with E-state index in [9.17, 15) is 8.42 Å². The van der Waals surface area contributed by atoms with E-state index in [4.69, 9.17) is 18.0 Å². The van der Waals surface area contributed by atoms with Crippen molar-refractivity contribution in [2.24, 2.45) is 5.73 Å². The highest BCUT2D eigenvalue weighted by molar-refractivity contribution is 7.90. The van der Waals surface area contributed by atoms with Crippen LogP contribution in [0, 0.1) is 0 Å². The van der Waals surface area contributed by atoms with Crippen molar-refractivity contribution in [2.45, 2.75) is 13.0 Å². The van der Waals surface area contributed by atoms with Gasteiger partial charge in [0, 0.05) is 12.8 Å². The van der Waals surface area contributed by atoms with Gasteiger partial charge in [0.25, 0.3) is 0 Å². The zero-order valence-corrected chi connectivity index (χ0v) is 9.78. The van der Waals surface area contributed by atoms with E-state index >= 15 is 0 Å². The summed E-state index contributed by atoms with van der Waals surface area (Å²) in [5.74, 6) is 0.135. The smallest absolute Gasteiger partial charge is 0.148 e. The molecule has 2 N–H and O–H groups in total. The summed E-state index contributed by atoms with van der Waals surface area (Å²) in [6.45, 7) is 2.31. The van der Waals surface area contributed by atoms with Gasteiger partial charge in [-0.1, -0.05) is 12.2 Å². The van der Waals surface area contributed by atoms with Crippen LogP contribution in [0.2, 0.25) is 0 Å². The minimum Gasteiger partial charge on any atom is -0.392 e. The molecule has 0 aromatic rings. The monoisotopic (exact) mass is 224 g/mol. The molecule has 0 aliphatic rings. The maximum Gasteiger partial charge on any atom is 0.148 e. The van der Waals surface area contributed by atoms with E-state index in [0.29, 0.717) is 11.5 Å². The van der Waals surface area contributed by atoms with Crippen molar-refractivity contribution < 1.29 is 8.42 Å². The third-order valence-electron chi connectivity index (χ3n) is 1.89. The summed E-state index contributed by atoms with van der Waals surface area (Å²) in [4.78, 5) is 2.21. The minimum absolute atomic E-state index is 0.0586. The molecule has 0 aromatic carbocycles. The molecule has 0 fully saturated rings. The largest absolute Gasteiger partial charge is 0.392 e. The molecule has 0 aromatic heterocycles. The second kappa shape index (κ2) is 4.88. The van der Waals surface area contributed by atoms with Gasteiger partial charge in [-0.3, -0.25) is 4.90 Å². The predicted octanol–water partition coefficient (Wildman–Crippen LogP) is -0.363. The van der Waals surface area contributed by atoms with Crippen LogP contribution in [0.25, 0.3) is 0 Å². The molecule has 0 aliphatic heterocycles. The Kier molecular flexibility index (Phi) is 4.80. The molecular weight excluding hydrogens is 208 g/mol. The van der Waals surface area contributed by atoms with E-state index < -0.39 is 9.84 Å². The molecule has 6 heteroatoms. The maximum atomic E-state index is 10.8. The second-order valence-corrected chi connectivity index (χ2v) is 5.92. The Hall–Kier alpha value is -0.200. The standard InChI is InChI=1S/C7H16N2O2S2/c1-6(7(8)12)9(2)4-5-13(3,10)11/h6H,4-5H2,1-3H3,(H2,8,12). The lowest BCUT2D eigenvalue weighted by atomic mass is 10.3. The topological polar surface area (TPSA) is 63.4 Å². The van der Waals surface area contributed by atoms with Crippen molar-refractivity contribution in [1.82, 2.24) is 4.90 Å². The van der Waals surface area contributed by atoms with Crippen LogP contribution in [-0.4, -0.2) is 49.9 Å². The molecule has 0 bridgehead atoms. The zero-order chi connectivity index (χ0) is 10.6. The molecule has 0 radical (unpaired) electrons. The highest BCUT2D eigenvalue weighted by Crippen LogP contribution is 1.96. The third-order valence-corrected chi connectivity index (χ3v) is 3.15. The van der Waals surface area contributed by atoms with Gasteiger partial charge >= 0.3 is 0 Å². The highest BCUT2D eigenvalue weighted by Gasteiger charge is 2.13. The van der Waals surface area contributed by atoms with E-state index in [1.165, 1.54) is 6.26 Å². The fourth-order valence-electron chi connectivity index (χ4n) is 0.721. The lowest BCUT2D eigenvalue weighted by Gasteiger charge is -2.22. The van der Waals surface area contributed by atoms with E-state index in [0.717, 1.165) is 0 Å². The predicted molar refractivity (Wildman–Crippen MR) is 58.6 cm³/mol. The number of hydrogen-bond donors (Lipinski definition) is 1. The maximum absolute atomic E-state index is 10.8. The Balaban J connectivity index is 4.02. The fourth-order valence-corrected chi connectivity index (χ4v) is 1.52. The lowest BCUT2D eigenvalue weighted by Crippen LogP contribution is -2.41. The van der Waals surface area contributed by atoms with Gasteiger partial charge in [-0.15, -0.1) is 0 Å². The van der Waals surface area contributed by atoms with E-state index in [1.54, 1.807) is 7.05 Å². The average molecular weight is 224 g/mol. The molecule has 13 heavy (non-hydrogen) atoms. The van der Waals surface area contributed by atoms with Crippen LogP contribution in [0.3, 0.4) is 0 Å². The molecular formula is C7H16N2O2S2. The Morgan fingerprint density at radius 1 is 1.62 bits per heavy atom. The summed E-state index contributed by atoms with van der Waals surface area (Å²) < 4.78 is 21.7. The van der Waals surface area contributed by atoms with Crippen LogP contribution in [0.15, 0.2) is 0 Å². The van der Waals surface area contributed by atoms with Gasteiger partial charge in [-0.25, -0.2) is 8.42 Å². The van der Waals surface area contributed by atoms with E-state index in [1.807, 2.05) is 11.8 Å². The lowest BCUT2D eigenvalue weighted by molar-refractivity contribution is 0.330. The Labute approximate surface area is 85.0 Å².